The predicted octanol–water partition coefficient (Wildman–Crippen LogP) is 4.98. The van der Waals surface area contributed by atoms with Gasteiger partial charge in [-0.3, -0.25) is 29.3 Å². The molecule has 1 aromatic carbocycles. The molecule has 4 fully saturated rings. The summed E-state index contributed by atoms with van der Waals surface area (Å²) < 4.78 is 77.7. The van der Waals surface area contributed by atoms with E-state index >= 15 is 0 Å². The number of fused-ring (bicyclic) bond motifs is 3. The second kappa shape index (κ2) is 15.9. The Bertz CT molecular complexity index is 1750. The highest BCUT2D eigenvalue weighted by Crippen LogP contribution is 2.47. The third kappa shape index (κ3) is 8.64. The van der Waals surface area contributed by atoms with Crippen LogP contribution in [0.5, 0.6) is 0 Å². The Kier molecular flexibility index (Phi) is 11.5. The Morgan fingerprint density at radius 1 is 0.964 bits per heavy atom. The molecule has 3 aliphatic heterocycles. The smallest absolute Gasteiger partial charge is 0.410 e. The molecule has 1 aromatic rings. The molecule has 7 rings (SSSR count). The number of hydrogen-bond donors (Lipinski definition) is 3. The number of rotatable bonds is 7. The molecule has 3 N–H and O–H groups in total. The van der Waals surface area contributed by atoms with Gasteiger partial charge < -0.3 is 15.0 Å². The Morgan fingerprint density at radius 2 is 1.65 bits per heavy atom. The average Bonchev–Trinajstić information content (AvgIpc) is 4.04. The van der Waals surface area contributed by atoms with Gasteiger partial charge >= 0.3 is 12.3 Å². The van der Waals surface area contributed by atoms with Crippen LogP contribution in [0.2, 0.25) is 0 Å². The van der Waals surface area contributed by atoms with E-state index in [1.54, 1.807) is 4.90 Å². The summed E-state index contributed by atoms with van der Waals surface area (Å²) in [6, 6.07) is 1.47. The van der Waals surface area contributed by atoms with E-state index in [0.717, 1.165) is 55.2 Å². The number of carbonyl (C=O) groups excluding carboxylic acids is 4. The van der Waals surface area contributed by atoms with E-state index in [0.29, 0.717) is 58.0 Å². The minimum absolute atomic E-state index is 0.135. The van der Waals surface area contributed by atoms with Gasteiger partial charge in [0.2, 0.25) is 21.8 Å². The fourth-order valence-electron chi connectivity index (χ4n) is 9.37. The van der Waals surface area contributed by atoms with Crippen LogP contribution in [0.15, 0.2) is 18.2 Å². The zero-order valence-electron chi connectivity index (χ0n) is 31.5. The molecule has 6 aliphatic rings. The van der Waals surface area contributed by atoms with Crippen LogP contribution in [0, 0.1) is 11.8 Å². The number of nitrogens with zero attached hydrogens (tertiary/aromatic N) is 2. The minimum Gasteiger partial charge on any atom is -0.444 e. The zero-order valence-corrected chi connectivity index (χ0v) is 32.3. The van der Waals surface area contributed by atoms with Gasteiger partial charge in [-0.1, -0.05) is 70.1 Å². The van der Waals surface area contributed by atoms with Gasteiger partial charge in [0.05, 0.1) is 17.8 Å². The summed E-state index contributed by atoms with van der Waals surface area (Å²) in [5, 5.41) is 4.87. The number of aryl methyl sites for hydroxylation is 1. The van der Waals surface area contributed by atoms with Crippen LogP contribution >= 0.6 is 0 Å². The van der Waals surface area contributed by atoms with Crippen molar-refractivity contribution in [3.05, 3.63) is 34.9 Å². The molecule has 4 bridgehead atoms. The Morgan fingerprint density at radius 3 is 2.35 bits per heavy atom. The number of amides is 4. The zero-order chi connectivity index (χ0) is 39.1. The molecule has 55 heavy (non-hydrogen) atoms. The lowest BCUT2D eigenvalue weighted by molar-refractivity contribution is -0.164. The molecule has 304 valence electrons. The maximum absolute atomic E-state index is 14.8. The first-order valence-corrected chi connectivity index (χ1v) is 21.8. The summed E-state index contributed by atoms with van der Waals surface area (Å²) in [6.45, 7) is 2.28. The minimum atomic E-state index is -4.62. The highest BCUT2D eigenvalue weighted by Gasteiger charge is 2.62. The number of halogens is 3. The Labute approximate surface area is 321 Å². The van der Waals surface area contributed by atoms with Gasteiger partial charge in [-0.2, -0.15) is 13.2 Å². The molecule has 6 atom stereocenters. The Hall–Kier alpha value is -3.40. The first-order valence-electron chi connectivity index (χ1n) is 20.3. The molecule has 12 nitrogen and oxygen atoms in total. The van der Waals surface area contributed by atoms with Crippen molar-refractivity contribution in [1.82, 2.24) is 25.2 Å². The van der Waals surface area contributed by atoms with Gasteiger partial charge in [0, 0.05) is 19.5 Å². The van der Waals surface area contributed by atoms with E-state index in [1.165, 1.54) is 4.90 Å². The summed E-state index contributed by atoms with van der Waals surface area (Å²) in [5.41, 5.74) is 1.61. The third-order valence-electron chi connectivity index (χ3n) is 12.9. The summed E-state index contributed by atoms with van der Waals surface area (Å²) >= 11 is 0. The van der Waals surface area contributed by atoms with Gasteiger partial charge in [-0.05, 0) is 79.9 Å². The lowest BCUT2D eigenvalue weighted by Crippen LogP contribution is -2.61. The molecular weight excluding hydrogens is 740 g/mol. The highest BCUT2D eigenvalue weighted by molar-refractivity contribution is 7.91. The van der Waals surface area contributed by atoms with Crippen molar-refractivity contribution in [2.75, 3.05) is 6.54 Å². The SMILES string of the molecule is CC[C@H]1C[C@]1(NC(=O)[C@@H]1CC2CN1C(=O)[C@H](C1CCCCC1)NC(C(F)(F)F)CCCCCCc1cccc3c1CN(C3)C(=O)O2)C(=O)NS(=O)(=O)C1CC1. The summed E-state index contributed by atoms with van der Waals surface area (Å²) in [5.74, 6) is -3.01. The van der Waals surface area contributed by atoms with E-state index in [1.807, 2.05) is 25.1 Å². The number of carbonyl (C=O) groups is 4. The van der Waals surface area contributed by atoms with Crippen LogP contribution in [0.1, 0.15) is 120 Å². The lowest BCUT2D eigenvalue weighted by atomic mass is 9.82. The fourth-order valence-corrected chi connectivity index (χ4v) is 10.7. The van der Waals surface area contributed by atoms with Crippen molar-refractivity contribution in [2.24, 2.45) is 11.8 Å². The van der Waals surface area contributed by atoms with Crippen molar-refractivity contribution in [2.45, 2.75) is 164 Å². The van der Waals surface area contributed by atoms with Crippen molar-refractivity contribution in [3.63, 3.8) is 0 Å². The monoisotopic (exact) mass is 793 g/mol. The largest absolute Gasteiger partial charge is 0.444 e. The molecule has 0 spiro atoms. The van der Waals surface area contributed by atoms with Crippen LogP contribution in [-0.2, 0) is 48.7 Å². The number of ether oxygens (including phenoxy) is 1. The highest BCUT2D eigenvalue weighted by atomic mass is 32.2. The molecule has 0 radical (unpaired) electrons. The number of nitrogens with one attached hydrogen (secondary N) is 3. The van der Waals surface area contributed by atoms with Crippen LogP contribution in [0.4, 0.5) is 18.0 Å². The number of alkyl halides is 3. The fraction of sp³-hybridized carbons (Fsp3) is 0.744. The number of sulfonamides is 1. The standard InChI is InChI=1S/C39H54F3N5O7S/c1-2-27-20-38(27,36(50)45-55(52,53)29-17-18-29)44-34(48)31-19-28-22-47(31)35(49)33(25-12-7-5-8-13-25)43-32(39(40,41)42)16-9-4-3-6-11-24-14-10-15-26-21-46(23-30(24)26)37(51)54-28/h10,14-15,25,27-29,31-33,43H,2-9,11-13,16-23H2,1H3,(H,44,48)(H,45,50)/t27-,28?,31-,32?,33-,38+/m0/s1. The molecule has 2 unspecified atom stereocenters. The Balaban J connectivity index is 1.19. The van der Waals surface area contributed by atoms with Crippen molar-refractivity contribution in [3.8, 4) is 0 Å². The topological polar surface area (TPSA) is 154 Å². The molecule has 3 saturated carbocycles. The average molecular weight is 794 g/mol. The van der Waals surface area contributed by atoms with Gasteiger partial charge in [0.25, 0.3) is 5.91 Å². The van der Waals surface area contributed by atoms with Crippen molar-refractivity contribution in [1.29, 1.82) is 0 Å². The van der Waals surface area contributed by atoms with Crippen molar-refractivity contribution < 1.29 is 45.5 Å². The molecule has 0 aromatic heterocycles. The van der Waals surface area contributed by atoms with E-state index in [9.17, 15) is 40.8 Å². The maximum atomic E-state index is 14.8. The van der Waals surface area contributed by atoms with Crippen LogP contribution < -0.4 is 15.4 Å². The van der Waals surface area contributed by atoms with Gasteiger partial charge in [-0.25, -0.2) is 13.2 Å². The maximum Gasteiger partial charge on any atom is 0.410 e. The molecular formula is C39H54F3N5O7S. The van der Waals surface area contributed by atoms with Crippen LogP contribution in [0.3, 0.4) is 0 Å². The van der Waals surface area contributed by atoms with E-state index in [-0.39, 0.29) is 31.7 Å². The first kappa shape index (κ1) is 39.8. The summed E-state index contributed by atoms with van der Waals surface area (Å²) in [7, 11) is -3.92. The van der Waals surface area contributed by atoms with E-state index < -0.39 is 81.0 Å². The quantitative estimate of drug-likeness (QED) is 0.350. The summed E-state index contributed by atoms with van der Waals surface area (Å²) in [6.07, 6.45) is 1.73. The third-order valence-corrected chi connectivity index (χ3v) is 14.7. The lowest BCUT2D eigenvalue weighted by Gasteiger charge is -2.37. The molecule has 3 heterocycles. The van der Waals surface area contributed by atoms with Gasteiger partial charge in [-0.15, -0.1) is 0 Å². The van der Waals surface area contributed by atoms with Crippen molar-refractivity contribution >= 4 is 33.8 Å². The summed E-state index contributed by atoms with van der Waals surface area (Å²) in [4.78, 5) is 59.2. The van der Waals surface area contributed by atoms with Gasteiger partial charge in [0.15, 0.2) is 0 Å². The van der Waals surface area contributed by atoms with E-state index in [2.05, 4.69) is 15.4 Å². The number of benzene rings is 1. The van der Waals surface area contributed by atoms with E-state index in [4.69, 9.17) is 4.74 Å². The van der Waals surface area contributed by atoms with Gasteiger partial charge in [0.1, 0.15) is 23.7 Å². The van der Waals surface area contributed by atoms with Crippen LogP contribution in [0.25, 0.3) is 0 Å². The first-order chi connectivity index (χ1) is 26.2. The molecule has 16 heteroatoms. The molecule has 4 amide bonds. The number of hydrogen-bond acceptors (Lipinski definition) is 8. The molecule has 1 saturated heterocycles. The second-order valence-electron chi connectivity index (χ2n) is 16.7. The molecule has 3 aliphatic carbocycles. The predicted molar refractivity (Wildman–Crippen MR) is 196 cm³/mol. The van der Waals surface area contributed by atoms with Crippen LogP contribution in [-0.4, -0.2) is 89.8 Å². The normalized spacial score (nSPS) is 31.2. The second-order valence-corrected chi connectivity index (χ2v) is 18.7.